The highest BCUT2D eigenvalue weighted by molar-refractivity contribution is 5.78. The molecule has 1 N–H and O–H groups in total. The number of aliphatic imine (C=N–C) groups is 2. The van der Waals surface area contributed by atoms with Gasteiger partial charge in [-0.1, -0.05) is 6.07 Å². The van der Waals surface area contributed by atoms with E-state index in [0.717, 1.165) is 12.1 Å². The Bertz CT molecular complexity index is 1820. The van der Waals surface area contributed by atoms with Crippen molar-refractivity contribution in [3.8, 4) is 11.1 Å². The van der Waals surface area contributed by atoms with Crippen LogP contribution in [-0.2, 0) is 23.7 Å². The van der Waals surface area contributed by atoms with Crippen LogP contribution >= 0.6 is 0 Å². The van der Waals surface area contributed by atoms with E-state index in [2.05, 4.69) is 37.1 Å². The van der Waals surface area contributed by atoms with Gasteiger partial charge in [0.25, 0.3) is 12.3 Å². The molecule has 0 spiro atoms. The summed E-state index contributed by atoms with van der Waals surface area (Å²) in [6, 6.07) is 6.81. The lowest BCUT2D eigenvalue weighted by molar-refractivity contribution is -0.123. The van der Waals surface area contributed by atoms with Crippen LogP contribution in [0, 0.1) is 17.6 Å². The molecule has 14 heteroatoms. The van der Waals surface area contributed by atoms with Gasteiger partial charge in [0.15, 0.2) is 5.82 Å². The number of fused-ring (bicyclic) bond motifs is 3. The minimum absolute atomic E-state index is 0.0797. The molecule has 0 aliphatic heterocycles. The topological polar surface area (TPSA) is 97.4 Å². The Balaban J connectivity index is 1.38. The van der Waals surface area contributed by atoms with E-state index >= 15 is 8.78 Å². The third-order valence-electron chi connectivity index (χ3n) is 7.90. The van der Waals surface area contributed by atoms with Crippen LogP contribution in [0.25, 0.3) is 11.1 Å². The Morgan fingerprint density at radius 3 is 2.62 bits per heavy atom. The van der Waals surface area contributed by atoms with Gasteiger partial charge in [-0.3, -0.25) is 19.5 Å². The summed E-state index contributed by atoms with van der Waals surface area (Å²) >= 11 is 0. The highest BCUT2D eigenvalue weighted by Crippen LogP contribution is 2.68. The summed E-state index contributed by atoms with van der Waals surface area (Å²) in [6.45, 7) is 4.41. The molecule has 0 radical (unpaired) electrons. The van der Waals surface area contributed by atoms with Gasteiger partial charge in [-0.25, -0.2) is 27.5 Å². The molecule has 6 rings (SSSR count). The lowest BCUT2D eigenvalue weighted by Crippen LogP contribution is -2.35. The first kappa shape index (κ1) is 30.2. The van der Waals surface area contributed by atoms with Crippen molar-refractivity contribution in [3.05, 3.63) is 88.6 Å². The van der Waals surface area contributed by atoms with Crippen molar-refractivity contribution in [2.45, 2.75) is 50.6 Å². The zero-order valence-electron chi connectivity index (χ0n) is 23.7. The van der Waals surface area contributed by atoms with Crippen molar-refractivity contribution < 1.29 is 31.1 Å². The molecule has 4 aromatic rings. The van der Waals surface area contributed by atoms with Crippen LogP contribution < -0.4 is 5.32 Å². The summed E-state index contributed by atoms with van der Waals surface area (Å²) < 4.78 is 86.6. The second-order valence-corrected chi connectivity index (χ2v) is 10.8. The third-order valence-corrected chi connectivity index (χ3v) is 7.90. The highest BCUT2D eigenvalue weighted by atomic mass is 19.3. The van der Waals surface area contributed by atoms with E-state index in [-0.39, 0.29) is 35.5 Å². The minimum Gasteiger partial charge on any atom is -0.346 e. The van der Waals surface area contributed by atoms with Gasteiger partial charge in [-0.15, -0.1) is 0 Å². The first-order valence-electron chi connectivity index (χ1n) is 13.9. The molecule has 0 saturated heterocycles. The number of hydrogen-bond acceptors (Lipinski definition) is 6. The van der Waals surface area contributed by atoms with Gasteiger partial charge in [0.05, 0.1) is 11.7 Å². The van der Waals surface area contributed by atoms with Crippen molar-refractivity contribution in [3.63, 3.8) is 0 Å². The lowest BCUT2D eigenvalue weighted by Gasteiger charge is -2.22. The lowest BCUT2D eigenvalue weighted by atomic mass is 9.96. The highest BCUT2D eigenvalue weighted by Gasteiger charge is 2.67. The summed E-state index contributed by atoms with van der Waals surface area (Å²) in [5.41, 5.74) is 0.188. The van der Waals surface area contributed by atoms with Gasteiger partial charge in [0.1, 0.15) is 35.3 Å². The molecule has 1 fully saturated rings. The second kappa shape index (κ2) is 11.6. The van der Waals surface area contributed by atoms with Gasteiger partial charge in [0.2, 0.25) is 5.91 Å². The first-order chi connectivity index (χ1) is 21.5. The molecule has 2 aliphatic rings. The van der Waals surface area contributed by atoms with Crippen LogP contribution in [0.2, 0.25) is 0 Å². The average molecular weight is 626 g/mol. The number of benzene rings is 1. The van der Waals surface area contributed by atoms with Crippen LogP contribution in [0.3, 0.4) is 0 Å². The molecule has 3 atom stereocenters. The Hall–Kier alpha value is -4.88. The molecule has 1 amide bonds. The van der Waals surface area contributed by atoms with Crippen LogP contribution in [0.1, 0.15) is 59.9 Å². The summed E-state index contributed by atoms with van der Waals surface area (Å²) in [7, 11) is 0. The van der Waals surface area contributed by atoms with Gasteiger partial charge in [-0.2, -0.15) is 13.9 Å². The molecule has 2 aliphatic carbocycles. The summed E-state index contributed by atoms with van der Waals surface area (Å²) in [5.74, 6) is -7.50. The Morgan fingerprint density at radius 1 is 1.18 bits per heavy atom. The fourth-order valence-corrected chi connectivity index (χ4v) is 6.02. The number of nitrogens with one attached hydrogen (secondary N) is 1. The zero-order valence-corrected chi connectivity index (χ0v) is 23.7. The summed E-state index contributed by atoms with van der Waals surface area (Å²) in [6.07, 6.45) is 1.31. The maximum absolute atomic E-state index is 15.1. The fourth-order valence-electron chi connectivity index (χ4n) is 6.02. The number of carbonyl (C=O) groups excluding carboxylic acids is 1. The van der Waals surface area contributed by atoms with Gasteiger partial charge < -0.3 is 5.32 Å². The Morgan fingerprint density at radius 2 is 1.93 bits per heavy atom. The molecular weight excluding hydrogens is 600 g/mol. The number of halogens is 6. The van der Waals surface area contributed by atoms with E-state index in [1.807, 2.05) is 0 Å². The van der Waals surface area contributed by atoms with E-state index in [1.54, 1.807) is 31.3 Å². The maximum Gasteiger partial charge on any atom is 0.293 e. The largest absolute Gasteiger partial charge is 0.346 e. The fraction of sp³-hybridized carbons (Fsp3) is 0.290. The van der Waals surface area contributed by atoms with Gasteiger partial charge in [-0.05, 0) is 62.2 Å². The molecule has 1 saturated carbocycles. The van der Waals surface area contributed by atoms with E-state index in [9.17, 15) is 22.4 Å². The molecule has 45 heavy (non-hydrogen) atoms. The van der Waals surface area contributed by atoms with Crippen molar-refractivity contribution in [1.82, 2.24) is 25.1 Å². The van der Waals surface area contributed by atoms with Crippen LogP contribution in [0.5, 0.6) is 0 Å². The number of pyridine rings is 2. The second-order valence-electron chi connectivity index (χ2n) is 10.8. The van der Waals surface area contributed by atoms with Gasteiger partial charge in [0, 0.05) is 47.3 Å². The van der Waals surface area contributed by atoms with E-state index in [0.29, 0.717) is 27.6 Å². The number of rotatable bonds is 10. The normalized spacial score (nSPS) is 18.6. The molecular formula is C31H25F6N7O. The molecule has 232 valence electrons. The smallest absolute Gasteiger partial charge is 0.293 e. The van der Waals surface area contributed by atoms with Crippen molar-refractivity contribution in [1.29, 1.82) is 0 Å². The van der Waals surface area contributed by atoms with Crippen LogP contribution in [-0.4, -0.2) is 38.6 Å². The van der Waals surface area contributed by atoms with Crippen molar-refractivity contribution in [2.75, 3.05) is 0 Å². The predicted molar refractivity (Wildman–Crippen MR) is 153 cm³/mol. The molecule has 3 heterocycles. The van der Waals surface area contributed by atoms with Crippen molar-refractivity contribution in [2.24, 2.45) is 15.9 Å². The number of hydrogen-bond donors (Lipinski definition) is 1. The maximum atomic E-state index is 15.1. The van der Waals surface area contributed by atoms with Crippen LogP contribution in [0.4, 0.5) is 37.8 Å². The van der Waals surface area contributed by atoms with E-state index in [1.165, 1.54) is 12.4 Å². The zero-order chi connectivity index (χ0) is 32.0. The summed E-state index contributed by atoms with van der Waals surface area (Å²) in [4.78, 5) is 30.3. The molecule has 2 unspecified atom stereocenters. The minimum atomic E-state index is -3.41. The quantitative estimate of drug-likeness (QED) is 0.153. The monoisotopic (exact) mass is 625 g/mol. The number of alkyl halides is 4. The van der Waals surface area contributed by atoms with E-state index in [4.69, 9.17) is 0 Å². The van der Waals surface area contributed by atoms with Crippen molar-refractivity contribution >= 4 is 30.3 Å². The number of amides is 1. The summed E-state index contributed by atoms with van der Waals surface area (Å²) in [5, 5.41) is 6.42. The van der Waals surface area contributed by atoms with E-state index < -0.39 is 65.7 Å². The van der Waals surface area contributed by atoms with Crippen LogP contribution in [0.15, 0.2) is 58.8 Å². The SMILES string of the molecule is C=Nc1ncc(-c2cccnc2[C@H](Cc2cc(F)cc(F)c2)NC(=O)Cn2nc(C(F)F)c3c2C(F)(F)C2CC32)cc1N=CC. The average Bonchev–Trinajstić information content (AvgIpc) is 3.65. The predicted octanol–water partition coefficient (Wildman–Crippen LogP) is 6.92. The third kappa shape index (κ3) is 5.60. The standard InChI is InChI=1S/C31H25F6N7O/c1-3-39-23-10-16(13-41-30(23)38-2)19-5-4-6-40-26(19)22(9-15-7-17(32)11-18(33)8-15)42-24(45)14-44-28-25(27(43-44)29(34)35)20-12-21(20)31(28,36)37/h3-8,10-11,13,20-22,29H,2,9,12,14H2,1H3,(H,42,45)/t20?,21?,22-/m0/s1. The molecule has 8 nitrogen and oxygen atoms in total. The number of aromatic nitrogens is 4. The molecule has 3 aromatic heterocycles. The van der Waals surface area contributed by atoms with Gasteiger partial charge >= 0.3 is 0 Å². The molecule has 1 aromatic carbocycles. The first-order valence-corrected chi connectivity index (χ1v) is 13.9. The number of nitrogens with zero attached hydrogens (tertiary/aromatic N) is 6. The Kier molecular flexibility index (Phi) is 7.75. The molecule has 0 bridgehead atoms. The number of carbonyl (C=O) groups is 1. The Labute approximate surface area is 253 Å².